The summed E-state index contributed by atoms with van der Waals surface area (Å²) >= 11 is 0. The molecule has 0 bridgehead atoms. The van der Waals surface area contributed by atoms with E-state index in [1.807, 2.05) is 30.3 Å². The largest absolute Gasteiger partial charge is 0.493 e. The Kier molecular flexibility index (Phi) is 6.31. The number of hydrogen-bond donors (Lipinski definition) is 1. The van der Waals surface area contributed by atoms with Crippen LogP contribution in [0.5, 0.6) is 11.5 Å². The predicted molar refractivity (Wildman–Crippen MR) is 107 cm³/mol. The zero-order valence-electron chi connectivity index (χ0n) is 16.3. The van der Waals surface area contributed by atoms with Gasteiger partial charge in [0.2, 0.25) is 5.91 Å². The molecule has 0 aromatic heterocycles. The fourth-order valence-electron chi connectivity index (χ4n) is 3.62. The third-order valence-corrected chi connectivity index (χ3v) is 5.22. The topological polar surface area (TPSA) is 81.9 Å². The standard InChI is InChI=1S/C22H26N2O4/c1-27-20-10-8-16(12-21(20)28-2)19(25)9-11-22(26)24-13-17(18(23)14-24)15-6-4-3-5-7-15/h3-8,10,12,17-18H,9,11,13-14,23H2,1-2H3/t17-,18+/m0/s1. The van der Waals surface area contributed by atoms with E-state index in [-0.39, 0.29) is 36.5 Å². The SMILES string of the molecule is COc1ccc(C(=O)CCC(=O)N2C[C@@H](N)[C@H](c3ccccc3)C2)cc1OC. The van der Waals surface area contributed by atoms with Gasteiger partial charge in [0, 0.05) is 43.5 Å². The van der Waals surface area contributed by atoms with Crippen LogP contribution in [-0.4, -0.2) is 49.9 Å². The summed E-state index contributed by atoms with van der Waals surface area (Å²) in [6.07, 6.45) is 0.317. The molecule has 2 aromatic rings. The van der Waals surface area contributed by atoms with E-state index in [9.17, 15) is 9.59 Å². The number of carbonyl (C=O) groups excluding carboxylic acids is 2. The van der Waals surface area contributed by atoms with Gasteiger partial charge in [-0.2, -0.15) is 0 Å². The van der Waals surface area contributed by atoms with Crippen molar-refractivity contribution in [3.8, 4) is 11.5 Å². The van der Waals surface area contributed by atoms with Gasteiger partial charge in [-0.25, -0.2) is 0 Å². The third kappa shape index (κ3) is 4.34. The average Bonchev–Trinajstić information content (AvgIpc) is 3.13. The molecule has 6 nitrogen and oxygen atoms in total. The van der Waals surface area contributed by atoms with Gasteiger partial charge in [-0.3, -0.25) is 9.59 Å². The Balaban J connectivity index is 1.58. The first kappa shape index (κ1) is 19.9. The Morgan fingerprint density at radius 2 is 1.71 bits per heavy atom. The van der Waals surface area contributed by atoms with E-state index >= 15 is 0 Å². The minimum absolute atomic E-state index is 0.0392. The fourth-order valence-corrected chi connectivity index (χ4v) is 3.62. The summed E-state index contributed by atoms with van der Waals surface area (Å²) in [6, 6.07) is 14.9. The molecule has 2 N–H and O–H groups in total. The number of ether oxygens (including phenoxy) is 2. The number of methoxy groups -OCH3 is 2. The number of rotatable bonds is 7. The Morgan fingerprint density at radius 1 is 1.00 bits per heavy atom. The minimum Gasteiger partial charge on any atom is -0.493 e. The molecule has 1 heterocycles. The minimum atomic E-state index is -0.0996. The van der Waals surface area contributed by atoms with Crippen molar-refractivity contribution in [3.63, 3.8) is 0 Å². The first-order chi connectivity index (χ1) is 13.5. The Morgan fingerprint density at radius 3 is 2.39 bits per heavy atom. The summed E-state index contributed by atoms with van der Waals surface area (Å²) in [5.74, 6) is 1.05. The molecule has 6 heteroatoms. The van der Waals surface area contributed by atoms with Crippen molar-refractivity contribution in [3.05, 3.63) is 59.7 Å². The third-order valence-electron chi connectivity index (χ3n) is 5.22. The monoisotopic (exact) mass is 382 g/mol. The lowest BCUT2D eigenvalue weighted by molar-refractivity contribution is -0.130. The van der Waals surface area contributed by atoms with Gasteiger partial charge in [0.25, 0.3) is 0 Å². The number of nitrogens with two attached hydrogens (primary N) is 1. The summed E-state index contributed by atoms with van der Waals surface area (Å²) in [7, 11) is 3.07. The number of ketones is 1. The van der Waals surface area contributed by atoms with Crippen molar-refractivity contribution in [1.82, 2.24) is 4.90 Å². The number of nitrogens with zero attached hydrogens (tertiary/aromatic N) is 1. The molecule has 2 aromatic carbocycles. The first-order valence-corrected chi connectivity index (χ1v) is 9.37. The highest BCUT2D eigenvalue weighted by molar-refractivity contribution is 5.98. The van der Waals surface area contributed by atoms with Gasteiger partial charge in [-0.15, -0.1) is 0 Å². The molecule has 1 aliphatic rings. The van der Waals surface area contributed by atoms with Crippen LogP contribution in [0.4, 0.5) is 0 Å². The maximum atomic E-state index is 12.6. The molecule has 0 aliphatic carbocycles. The van der Waals surface area contributed by atoms with Crippen LogP contribution in [0.25, 0.3) is 0 Å². The lowest BCUT2D eigenvalue weighted by atomic mass is 9.95. The van der Waals surface area contributed by atoms with Crippen LogP contribution in [0.3, 0.4) is 0 Å². The summed E-state index contributed by atoms with van der Waals surface area (Å²) in [5.41, 5.74) is 7.91. The summed E-state index contributed by atoms with van der Waals surface area (Å²) in [6.45, 7) is 1.11. The smallest absolute Gasteiger partial charge is 0.223 e. The molecule has 1 aliphatic heterocycles. The zero-order valence-corrected chi connectivity index (χ0v) is 16.3. The second-order valence-electron chi connectivity index (χ2n) is 6.97. The van der Waals surface area contributed by atoms with E-state index in [2.05, 4.69) is 0 Å². The number of carbonyl (C=O) groups is 2. The van der Waals surface area contributed by atoms with E-state index in [0.29, 0.717) is 30.2 Å². The Hall–Kier alpha value is -2.86. The van der Waals surface area contributed by atoms with Gasteiger partial charge in [0.1, 0.15) is 0 Å². The number of benzene rings is 2. The predicted octanol–water partition coefficient (Wildman–Crippen LogP) is 2.62. The molecule has 0 saturated carbocycles. The molecule has 3 rings (SSSR count). The summed E-state index contributed by atoms with van der Waals surface area (Å²) in [5, 5.41) is 0. The van der Waals surface area contributed by atoms with E-state index in [1.165, 1.54) is 7.11 Å². The zero-order chi connectivity index (χ0) is 20.1. The van der Waals surface area contributed by atoms with Crippen molar-refractivity contribution in [1.29, 1.82) is 0 Å². The molecule has 1 fully saturated rings. The molecule has 148 valence electrons. The van der Waals surface area contributed by atoms with Crippen LogP contribution in [0.1, 0.15) is 34.7 Å². The van der Waals surface area contributed by atoms with Crippen molar-refractivity contribution in [2.75, 3.05) is 27.3 Å². The van der Waals surface area contributed by atoms with Crippen LogP contribution in [0, 0.1) is 0 Å². The van der Waals surface area contributed by atoms with Crippen LogP contribution in [-0.2, 0) is 4.79 Å². The average molecular weight is 382 g/mol. The molecule has 1 amide bonds. The maximum absolute atomic E-state index is 12.6. The fraction of sp³-hybridized carbons (Fsp3) is 0.364. The van der Waals surface area contributed by atoms with E-state index in [4.69, 9.17) is 15.2 Å². The Bertz CT molecular complexity index is 838. The molecule has 2 atom stereocenters. The second kappa shape index (κ2) is 8.89. The van der Waals surface area contributed by atoms with E-state index in [0.717, 1.165) is 5.56 Å². The number of Topliss-reactive ketones (excluding diaryl/α,β-unsaturated/α-hetero) is 1. The van der Waals surface area contributed by atoms with E-state index in [1.54, 1.807) is 30.2 Å². The van der Waals surface area contributed by atoms with Crippen LogP contribution >= 0.6 is 0 Å². The maximum Gasteiger partial charge on any atom is 0.223 e. The summed E-state index contributed by atoms with van der Waals surface area (Å²) < 4.78 is 10.4. The van der Waals surface area contributed by atoms with Gasteiger partial charge < -0.3 is 20.1 Å². The molecule has 28 heavy (non-hydrogen) atoms. The molecule has 0 spiro atoms. The van der Waals surface area contributed by atoms with Crippen LogP contribution < -0.4 is 15.2 Å². The Labute approximate surface area is 165 Å². The molecule has 1 saturated heterocycles. The number of likely N-dealkylation sites (tertiary alicyclic amines) is 1. The first-order valence-electron chi connectivity index (χ1n) is 9.37. The second-order valence-corrected chi connectivity index (χ2v) is 6.97. The summed E-state index contributed by atoms with van der Waals surface area (Å²) in [4.78, 5) is 26.9. The van der Waals surface area contributed by atoms with Crippen LogP contribution in [0.2, 0.25) is 0 Å². The molecule has 0 radical (unpaired) electrons. The normalized spacial score (nSPS) is 18.8. The van der Waals surface area contributed by atoms with Gasteiger partial charge in [0.15, 0.2) is 17.3 Å². The highest BCUT2D eigenvalue weighted by atomic mass is 16.5. The molecular weight excluding hydrogens is 356 g/mol. The highest BCUT2D eigenvalue weighted by Gasteiger charge is 2.33. The van der Waals surface area contributed by atoms with Crippen molar-refractivity contribution >= 4 is 11.7 Å². The lowest BCUT2D eigenvalue weighted by Gasteiger charge is -2.16. The van der Waals surface area contributed by atoms with Crippen molar-refractivity contribution in [2.45, 2.75) is 24.8 Å². The highest BCUT2D eigenvalue weighted by Crippen LogP contribution is 2.29. The molecule has 0 unspecified atom stereocenters. The van der Waals surface area contributed by atoms with Crippen molar-refractivity contribution in [2.24, 2.45) is 5.73 Å². The lowest BCUT2D eigenvalue weighted by Crippen LogP contribution is -2.32. The number of hydrogen-bond acceptors (Lipinski definition) is 5. The van der Waals surface area contributed by atoms with Gasteiger partial charge >= 0.3 is 0 Å². The van der Waals surface area contributed by atoms with Crippen molar-refractivity contribution < 1.29 is 19.1 Å². The van der Waals surface area contributed by atoms with Crippen LogP contribution in [0.15, 0.2) is 48.5 Å². The van der Waals surface area contributed by atoms with Gasteiger partial charge in [-0.05, 0) is 23.8 Å². The van der Waals surface area contributed by atoms with Gasteiger partial charge in [-0.1, -0.05) is 30.3 Å². The van der Waals surface area contributed by atoms with Gasteiger partial charge in [0.05, 0.1) is 14.2 Å². The molecular formula is C22H26N2O4. The quantitative estimate of drug-likeness (QED) is 0.745. The van der Waals surface area contributed by atoms with E-state index < -0.39 is 0 Å². The number of amides is 1.